The molecule has 0 spiro atoms. The topological polar surface area (TPSA) is 13.1 Å². The molecule has 0 N–H and O–H groups in total. The molecule has 0 bridgehead atoms. The van der Waals surface area contributed by atoms with Crippen LogP contribution in [0.4, 0.5) is 0 Å². The Kier molecular flexibility index (Phi) is 3.05. The second-order valence-electron chi connectivity index (χ2n) is 9.97. The quantitative estimate of drug-likeness (QED) is 0.185. The van der Waals surface area contributed by atoms with Gasteiger partial charge in [0.15, 0.2) is 0 Å². The van der Waals surface area contributed by atoms with Crippen molar-refractivity contribution in [2.24, 2.45) is 0 Å². The molecule has 2 heteroatoms. The molecule has 1 aromatic heterocycles. The van der Waals surface area contributed by atoms with Gasteiger partial charge in [-0.2, -0.15) is 4.57 Å². The Balaban J connectivity index is 1.59. The molecule has 8 rings (SSSR count). The molecule has 33 heavy (non-hydrogen) atoms. The zero-order valence-electron chi connectivity index (χ0n) is 18.6. The van der Waals surface area contributed by atoms with E-state index in [0.29, 0.717) is 6.73 Å². The molecule has 0 radical (unpaired) electrons. The van der Waals surface area contributed by atoms with E-state index in [1.165, 1.54) is 65.6 Å². The van der Waals surface area contributed by atoms with Gasteiger partial charge in [-0.25, -0.2) is 0 Å². The molecule has 0 fully saturated rings. The fraction of sp³-hybridized carbons (Fsp3) is 0.129. The SMILES string of the molecule is CC1(C)c2cc3c(ccc4ccccc43)c3c2-c2c1cc1ccc4ccccc4c1[n+]2CO3. The molecule has 5 aromatic carbocycles. The highest BCUT2D eigenvalue weighted by molar-refractivity contribution is 6.13. The van der Waals surface area contributed by atoms with Crippen LogP contribution in [-0.2, 0) is 12.1 Å². The van der Waals surface area contributed by atoms with E-state index in [2.05, 4.69) is 103 Å². The molecule has 0 saturated heterocycles. The minimum Gasteiger partial charge on any atom is -0.434 e. The summed E-state index contributed by atoms with van der Waals surface area (Å²) >= 11 is 0. The number of benzene rings is 5. The average Bonchev–Trinajstić information content (AvgIpc) is 3.08. The van der Waals surface area contributed by atoms with E-state index in [-0.39, 0.29) is 5.41 Å². The Bertz CT molecular complexity index is 1840. The predicted octanol–water partition coefficient (Wildman–Crippen LogP) is 7.24. The second-order valence-corrected chi connectivity index (χ2v) is 9.97. The maximum Gasteiger partial charge on any atom is 0.293 e. The van der Waals surface area contributed by atoms with Crippen molar-refractivity contribution >= 4 is 43.2 Å². The monoisotopic (exact) mass is 424 g/mol. The smallest absolute Gasteiger partial charge is 0.293 e. The molecule has 6 aromatic rings. The summed E-state index contributed by atoms with van der Waals surface area (Å²) < 4.78 is 9.06. The van der Waals surface area contributed by atoms with Crippen molar-refractivity contribution in [3.05, 3.63) is 96.1 Å². The number of nitrogens with zero attached hydrogens (tertiary/aromatic N) is 1. The molecule has 1 aliphatic heterocycles. The standard InChI is InChI=1S/C31H22NO/c1-31(2)25-16-24-21-9-5-3-7-18(21)13-14-23(24)30-27(25)29-26(31)15-20-12-11-19-8-4-6-10-22(19)28(20)32(29)17-33-30/h3-16H,17H2,1-2H3/q+1. The van der Waals surface area contributed by atoms with Gasteiger partial charge < -0.3 is 4.74 Å². The van der Waals surface area contributed by atoms with Gasteiger partial charge in [-0.15, -0.1) is 0 Å². The number of ether oxygens (including phenoxy) is 1. The van der Waals surface area contributed by atoms with Gasteiger partial charge in [0.1, 0.15) is 5.75 Å². The first kappa shape index (κ1) is 17.6. The van der Waals surface area contributed by atoms with Crippen LogP contribution in [0.2, 0.25) is 0 Å². The van der Waals surface area contributed by atoms with Crippen molar-refractivity contribution in [1.82, 2.24) is 0 Å². The Morgan fingerprint density at radius 3 is 2.21 bits per heavy atom. The molecule has 2 heterocycles. The molecule has 0 amide bonds. The highest BCUT2D eigenvalue weighted by Gasteiger charge is 2.47. The van der Waals surface area contributed by atoms with Crippen LogP contribution in [0.5, 0.6) is 5.75 Å². The second kappa shape index (κ2) is 5.71. The van der Waals surface area contributed by atoms with Gasteiger partial charge in [0.05, 0.1) is 10.9 Å². The Morgan fingerprint density at radius 1 is 0.667 bits per heavy atom. The van der Waals surface area contributed by atoms with Gasteiger partial charge in [0.2, 0.25) is 11.2 Å². The number of fused-ring (bicyclic) bond motifs is 8. The van der Waals surface area contributed by atoms with Gasteiger partial charge in [-0.1, -0.05) is 68.4 Å². The van der Waals surface area contributed by atoms with Gasteiger partial charge in [0, 0.05) is 21.8 Å². The van der Waals surface area contributed by atoms with Crippen LogP contribution in [0, 0.1) is 0 Å². The predicted molar refractivity (Wildman–Crippen MR) is 135 cm³/mol. The van der Waals surface area contributed by atoms with Crippen molar-refractivity contribution in [2.75, 3.05) is 0 Å². The van der Waals surface area contributed by atoms with Crippen molar-refractivity contribution in [3.63, 3.8) is 0 Å². The normalized spacial score (nSPS) is 15.3. The lowest BCUT2D eigenvalue weighted by Gasteiger charge is -2.21. The number of aromatic nitrogens is 1. The molecule has 0 atom stereocenters. The van der Waals surface area contributed by atoms with E-state index in [1.807, 2.05) is 0 Å². The van der Waals surface area contributed by atoms with E-state index in [4.69, 9.17) is 4.74 Å². The third-order valence-electron chi connectivity index (χ3n) is 7.95. The van der Waals surface area contributed by atoms with E-state index in [9.17, 15) is 0 Å². The van der Waals surface area contributed by atoms with Crippen molar-refractivity contribution in [2.45, 2.75) is 26.0 Å². The highest BCUT2D eigenvalue weighted by atomic mass is 16.5. The lowest BCUT2D eigenvalue weighted by molar-refractivity contribution is -0.692. The summed E-state index contributed by atoms with van der Waals surface area (Å²) in [6.07, 6.45) is 0. The summed E-state index contributed by atoms with van der Waals surface area (Å²) in [5.74, 6) is 1.04. The maximum absolute atomic E-state index is 6.64. The van der Waals surface area contributed by atoms with Crippen molar-refractivity contribution in [1.29, 1.82) is 0 Å². The third kappa shape index (κ3) is 2.03. The Hall–Kier alpha value is -3.91. The summed E-state index contributed by atoms with van der Waals surface area (Å²) in [7, 11) is 0. The van der Waals surface area contributed by atoms with Gasteiger partial charge in [-0.3, -0.25) is 0 Å². The molecule has 0 unspecified atom stereocenters. The fourth-order valence-electron chi connectivity index (χ4n) is 6.32. The summed E-state index contributed by atoms with van der Waals surface area (Å²) in [6.45, 7) is 5.25. The molecule has 156 valence electrons. The Morgan fingerprint density at radius 2 is 1.36 bits per heavy atom. The lowest BCUT2D eigenvalue weighted by atomic mass is 9.81. The van der Waals surface area contributed by atoms with Gasteiger partial charge in [-0.05, 0) is 57.4 Å². The maximum atomic E-state index is 6.64. The number of rotatable bonds is 0. The van der Waals surface area contributed by atoms with E-state index in [1.54, 1.807) is 0 Å². The third-order valence-corrected chi connectivity index (χ3v) is 7.95. The zero-order chi connectivity index (χ0) is 21.9. The number of hydrogen-bond acceptors (Lipinski definition) is 1. The first-order valence-electron chi connectivity index (χ1n) is 11.6. The summed E-state index contributed by atoms with van der Waals surface area (Å²) in [6, 6.07) is 31.2. The average molecular weight is 425 g/mol. The molecular weight excluding hydrogens is 402 g/mol. The zero-order valence-corrected chi connectivity index (χ0v) is 18.6. The molecule has 2 nitrogen and oxygen atoms in total. The van der Waals surface area contributed by atoms with Crippen LogP contribution in [-0.4, -0.2) is 0 Å². The minimum atomic E-state index is -0.0974. The van der Waals surface area contributed by atoms with Crippen LogP contribution in [0.25, 0.3) is 54.5 Å². The fourth-order valence-corrected chi connectivity index (χ4v) is 6.32. The summed E-state index contributed by atoms with van der Waals surface area (Å²) in [4.78, 5) is 0. The van der Waals surface area contributed by atoms with Gasteiger partial charge in [0.25, 0.3) is 6.73 Å². The first-order valence-corrected chi connectivity index (χ1v) is 11.6. The minimum absolute atomic E-state index is 0.0974. The molecule has 1 aliphatic carbocycles. The van der Waals surface area contributed by atoms with E-state index < -0.39 is 0 Å². The van der Waals surface area contributed by atoms with Crippen LogP contribution in [0.15, 0.2) is 84.9 Å². The molecule has 2 aliphatic rings. The van der Waals surface area contributed by atoms with Crippen LogP contribution >= 0.6 is 0 Å². The van der Waals surface area contributed by atoms with Crippen molar-refractivity contribution < 1.29 is 9.30 Å². The Labute approximate surface area is 191 Å². The summed E-state index contributed by atoms with van der Waals surface area (Å²) in [5, 5.41) is 8.87. The largest absolute Gasteiger partial charge is 0.434 e. The molecule has 0 saturated carbocycles. The van der Waals surface area contributed by atoms with Crippen LogP contribution < -0.4 is 9.30 Å². The number of pyridine rings is 1. The highest BCUT2D eigenvalue weighted by Crippen LogP contribution is 2.55. The van der Waals surface area contributed by atoms with Crippen LogP contribution in [0.3, 0.4) is 0 Å². The van der Waals surface area contributed by atoms with E-state index >= 15 is 0 Å². The first-order chi connectivity index (χ1) is 16.1. The number of hydrogen-bond donors (Lipinski definition) is 0. The van der Waals surface area contributed by atoms with Crippen molar-refractivity contribution in [3.8, 4) is 17.0 Å². The lowest BCUT2D eigenvalue weighted by Crippen LogP contribution is -2.43. The van der Waals surface area contributed by atoms with Crippen LogP contribution in [0.1, 0.15) is 25.0 Å². The summed E-state index contributed by atoms with van der Waals surface area (Å²) in [5.41, 5.74) is 6.53. The van der Waals surface area contributed by atoms with Gasteiger partial charge >= 0.3 is 0 Å². The van der Waals surface area contributed by atoms with E-state index in [0.717, 1.165) is 5.75 Å². The molecular formula is C31H22NO+.